The van der Waals surface area contributed by atoms with Gasteiger partial charge in [-0.3, -0.25) is 0 Å². The quantitative estimate of drug-likeness (QED) is 0.767. The fraction of sp³-hybridized carbons (Fsp3) is 0.111. The molecule has 23 heavy (non-hydrogen) atoms. The lowest BCUT2D eigenvalue weighted by Gasteiger charge is -2.05. The zero-order valence-corrected chi connectivity index (χ0v) is 13.6. The molecule has 0 aliphatic carbocycles. The van der Waals surface area contributed by atoms with Gasteiger partial charge < -0.3 is 9.84 Å². The van der Waals surface area contributed by atoms with Crippen LogP contribution >= 0.6 is 11.5 Å². The molecule has 1 aromatic heterocycles. The number of hydrogen-bond acceptors (Lipinski definition) is 4. The number of benzene rings is 2. The van der Waals surface area contributed by atoms with Crippen molar-refractivity contribution in [2.24, 2.45) is 0 Å². The van der Waals surface area contributed by atoms with Crippen LogP contribution in [0.25, 0.3) is 21.7 Å². The van der Waals surface area contributed by atoms with E-state index < -0.39 is 5.97 Å². The summed E-state index contributed by atoms with van der Waals surface area (Å²) < 4.78 is 9.56. The van der Waals surface area contributed by atoms with Gasteiger partial charge in [-0.05, 0) is 53.8 Å². The normalized spacial score (nSPS) is 10.5. The van der Waals surface area contributed by atoms with Gasteiger partial charge >= 0.3 is 5.97 Å². The molecule has 0 aliphatic heterocycles. The summed E-state index contributed by atoms with van der Waals surface area (Å²) in [6.45, 7) is 1.95. The number of hydrogen-bond donors (Lipinski definition) is 1. The number of aromatic carboxylic acids is 1. The Balaban J connectivity index is 2.16. The maximum atomic E-state index is 11.8. The summed E-state index contributed by atoms with van der Waals surface area (Å²) in [6.07, 6.45) is 0. The van der Waals surface area contributed by atoms with Gasteiger partial charge in [-0.15, -0.1) is 0 Å². The third-order valence-electron chi connectivity index (χ3n) is 3.66. The monoisotopic (exact) mass is 325 g/mol. The summed E-state index contributed by atoms with van der Waals surface area (Å²) in [7, 11) is 1.60. The maximum absolute atomic E-state index is 11.8. The van der Waals surface area contributed by atoms with Crippen LogP contribution in [0.1, 0.15) is 15.9 Å². The Hall–Kier alpha value is -2.66. The zero-order chi connectivity index (χ0) is 16.4. The number of aromatic nitrogens is 1. The number of nitrogens with zero attached hydrogens (tertiary/aromatic N) is 1. The molecule has 5 heteroatoms. The van der Waals surface area contributed by atoms with Crippen molar-refractivity contribution < 1.29 is 14.6 Å². The van der Waals surface area contributed by atoms with Crippen LogP contribution in [0.3, 0.4) is 0 Å². The molecule has 116 valence electrons. The smallest absolute Gasteiger partial charge is 0.339 e. The second-order valence-corrected chi connectivity index (χ2v) is 5.86. The van der Waals surface area contributed by atoms with Crippen LogP contribution in [0.15, 0.2) is 48.5 Å². The molecule has 0 amide bonds. The lowest BCUT2D eigenvalue weighted by Crippen LogP contribution is -2.00. The second kappa shape index (κ2) is 6.22. The lowest BCUT2D eigenvalue weighted by atomic mass is 10.00. The van der Waals surface area contributed by atoms with E-state index >= 15 is 0 Å². The fourth-order valence-corrected chi connectivity index (χ4v) is 3.34. The van der Waals surface area contributed by atoms with E-state index in [-0.39, 0.29) is 5.56 Å². The van der Waals surface area contributed by atoms with Gasteiger partial charge in [-0.1, -0.05) is 24.3 Å². The highest BCUT2D eigenvalue weighted by Crippen LogP contribution is 2.37. The van der Waals surface area contributed by atoms with E-state index in [4.69, 9.17) is 4.74 Å². The summed E-state index contributed by atoms with van der Waals surface area (Å²) in [5, 5.41) is 9.69. The summed E-state index contributed by atoms with van der Waals surface area (Å²) >= 11 is 1.20. The largest absolute Gasteiger partial charge is 0.497 e. The molecular weight excluding hydrogens is 310 g/mol. The van der Waals surface area contributed by atoms with E-state index in [1.807, 2.05) is 55.5 Å². The zero-order valence-electron chi connectivity index (χ0n) is 12.7. The van der Waals surface area contributed by atoms with Gasteiger partial charge in [0.25, 0.3) is 0 Å². The highest BCUT2D eigenvalue weighted by molar-refractivity contribution is 7.10. The van der Waals surface area contributed by atoms with Crippen molar-refractivity contribution in [2.45, 2.75) is 6.92 Å². The Morgan fingerprint density at radius 1 is 1.13 bits per heavy atom. The minimum absolute atomic E-state index is 0.245. The number of aryl methyl sites for hydroxylation is 1. The first-order valence-electron chi connectivity index (χ1n) is 7.05. The van der Waals surface area contributed by atoms with Crippen LogP contribution in [0.5, 0.6) is 5.75 Å². The molecule has 0 fully saturated rings. The topological polar surface area (TPSA) is 59.4 Å². The van der Waals surface area contributed by atoms with Crippen molar-refractivity contribution in [1.82, 2.24) is 4.37 Å². The average molecular weight is 325 g/mol. The van der Waals surface area contributed by atoms with Crippen molar-refractivity contribution >= 4 is 17.5 Å². The first-order chi connectivity index (χ1) is 11.1. The van der Waals surface area contributed by atoms with E-state index in [0.717, 1.165) is 22.4 Å². The van der Waals surface area contributed by atoms with E-state index in [1.54, 1.807) is 7.11 Å². The summed E-state index contributed by atoms with van der Waals surface area (Å²) in [5.41, 5.74) is 3.43. The van der Waals surface area contributed by atoms with Crippen molar-refractivity contribution in [3.63, 3.8) is 0 Å². The molecule has 2 aromatic carbocycles. The van der Waals surface area contributed by atoms with Crippen LogP contribution in [0, 0.1) is 6.92 Å². The number of methoxy groups -OCH3 is 1. The highest BCUT2D eigenvalue weighted by atomic mass is 32.1. The molecule has 0 aliphatic rings. The predicted octanol–water partition coefficient (Wildman–Crippen LogP) is 4.49. The van der Waals surface area contributed by atoms with E-state index in [2.05, 4.69) is 4.37 Å². The number of carbonyl (C=O) groups is 1. The second-order valence-electron chi connectivity index (χ2n) is 5.08. The van der Waals surface area contributed by atoms with Crippen LogP contribution in [-0.4, -0.2) is 22.6 Å². The van der Waals surface area contributed by atoms with Crippen molar-refractivity contribution in [1.29, 1.82) is 0 Å². The number of carboxylic acid groups (broad SMARTS) is 1. The Labute approximate surface area is 138 Å². The fourth-order valence-electron chi connectivity index (χ4n) is 2.45. The first kappa shape index (κ1) is 15.2. The Bertz CT molecular complexity index is 853. The molecule has 1 heterocycles. The third-order valence-corrected chi connectivity index (χ3v) is 4.55. The standard InChI is InChI=1S/C18H15NO3S/c1-11-5-3-4-6-14(11)16-15(18(20)21)17(23-19-16)12-7-9-13(22-2)10-8-12/h3-10H,1-2H3,(H,20,21). The van der Waals surface area contributed by atoms with Gasteiger partial charge in [0.15, 0.2) is 0 Å². The Kier molecular flexibility index (Phi) is 4.12. The van der Waals surface area contributed by atoms with Crippen molar-refractivity contribution in [3.05, 3.63) is 59.7 Å². The third kappa shape index (κ3) is 2.83. The Morgan fingerprint density at radius 2 is 1.83 bits per heavy atom. The maximum Gasteiger partial charge on any atom is 0.339 e. The van der Waals surface area contributed by atoms with Crippen molar-refractivity contribution in [3.8, 4) is 27.4 Å². The van der Waals surface area contributed by atoms with Crippen LogP contribution in [-0.2, 0) is 0 Å². The van der Waals surface area contributed by atoms with Gasteiger partial charge in [0.1, 0.15) is 11.3 Å². The predicted molar refractivity (Wildman–Crippen MR) is 91.2 cm³/mol. The van der Waals surface area contributed by atoms with Gasteiger partial charge in [0, 0.05) is 5.56 Å². The number of rotatable bonds is 4. The average Bonchev–Trinajstić information content (AvgIpc) is 3.00. The molecule has 0 radical (unpaired) electrons. The lowest BCUT2D eigenvalue weighted by molar-refractivity contribution is 0.0699. The summed E-state index contributed by atoms with van der Waals surface area (Å²) in [4.78, 5) is 12.5. The molecule has 1 N–H and O–H groups in total. The van der Waals surface area contributed by atoms with Crippen LogP contribution < -0.4 is 4.74 Å². The van der Waals surface area contributed by atoms with Crippen LogP contribution in [0.2, 0.25) is 0 Å². The molecule has 3 aromatic rings. The minimum atomic E-state index is -0.970. The van der Waals surface area contributed by atoms with Gasteiger partial charge in [0.05, 0.1) is 17.7 Å². The van der Waals surface area contributed by atoms with Gasteiger partial charge in [0.2, 0.25) is 0 Å². The molecule has 0 atom stereocenters. The SMILES string of the molecule is COc1ccc(-c2snc(-c3ccccc3C)c2C(=O)O)cc1. The van der Waals surface area contributed by atoms with Crippen LogP contribution in [0.4, 0.5) is 0 Å². The van der Waals surface area contributed by atoms with E-state index in [0.29, 0.717) is 10.6 Å². The summed E-state index contributed by atoms with van der Waals surface area (Å²) in [5.74, 6) is -0.239. The first-order valence-corrected chi connectivity index (χ1v) is 7.82. The Morgan fingerprint density at radius 3 is 2.43 bits per heavy atom. The number of carboxylic acids is 1. The van der Waals surface area contributed by atoms with Gasteiger partial charge in [-0.2, -0.15) is 4.37 Å². The molecule has 0 saturated carbocycles. The molecule has 4 nitrogen and oxygen atoms in total. The van der Waals surface area contributed by atoms with E-state index in [9.17, 15) is 9.90 Å². The molecule has 0 unspecified atom stereocenters. The van der Waals surface area contributed by atoms with Crippen molar-refractivity contribution in [2.75, 3.05) is 7.11 Å². The van der Waals surface area contributed by atoms with Gasteiger partial charge in [-0.25, -0.2) is 4.79 Å². The highest BCUT2D eigenvalue weighted by Gasteiger charge is 2.23. The minimum Gasteiger partial charge on any atom is -0.497 e. The van der Waals surface area contributed by atoms with E-state index in [1.165, 1.54) is 11.5 Å². The molecule has 0 spiro atoms. The summed E-state index contributed by atoms with van der Waals surface area (Å²) in [6, 6.07) is 15.0. The molecule has 3 rings (SSSR count). The number of ether oxygens (including phenoxy) is 1. The molecular formula is C18H15NO3S. The molecule has 0 bridgehead atoms. The molecule has 0 saturated heterocycles.